The Hall–Kier alpha value is -3.70. The zero-order valence-electron chi connectivity index (χ0n) is 17.6. The Morgan fingerprint density at radius 3 is 2.69 bits per heavy atom. The number of hydrogen-bond acceptors (Lipinski definition) is 7. The van der Waals surface area contributed by atoms with E-state index in [0.717, 1.165) is 17.8 Å². The van der Waals surface area contributed by atoms with Crippen molar-refractivity contribution in [1.29, 1.82) is 0 Å². The number of fused-ring (bicyclic) bond motifs is 1. The van der Waals surface area contributed by atoms with E-state index in [1.54, 1.807) is 42.9 Å². The molecule has 1 aliphatic rings. The highest BCUT2D eigenvalue weighted by Gasteiger charge is 2.31. The topological polar surface area (TPSA) is 101 Å². The summed E-state index contributed by atoms with van der Waals surface area (Å²) in [6.07, 6.45) is -0.175. The molecule has 0 saturated carbocycles. The predicted octanol–water partition coefficient (Wildman–Crippen LogP) is 2.83. The molecule has 4 heterocycles. The standard InChI is InChI=1S/C20H21F3N8O/c1-11-16-17(30(3)12(2)18(32)28-16)29-19(27-11)25-6-13-7-26-31(9-13)10-15-5-4-14(8-24-15)20(21,22)23/h4-5,7-9,12H,6,10H2,1-3H3,(H,28,32)(H,25,27,29)/t12-/m0/s1. The van der Waals surface area contributed by atoms with Crippen LogP contribution in [-0.4, -0.2) is 43.7 Å². The molecule has 1 amide bonds. The monoisotopic (exact) mass is 446 g/mol. The number of anilines is 3. The molecule has 0 aliphatic carbocycles. The fraction of sp³-hybridized carbons (Fsp3) is 0.350. The minimum Gasteiger partial charge on any atom is -0.350 e. The lowest BCUT2D eigenvalue weighted by Gasteiger charge is -2.32. The Morgan fingerprint density at radius 2 is 2.00 bits per heavy atom. The van der Waals surface area contributed by atoms with E-state index in [1.165, 1.54) is 6.07 Å². The maximum atomic E-state index is 12.7. The van der Waals surface area contributed by atoms with Crippen LogP contribution in [0.15, 0.2) is 30.7 Å². The number of carbonyl (C=O) groups is 1. The lowest BCUT2D eigenvalue weighted by molar-refractivity contribution is -0.137. The smallest absolute Gasteiger partial charge is 0.350 e. The van der Waals surface area contributed by atoms with Crippen molar-refractivity contribution in [2.45, 2.75) is 39.2 Å². The molecule has 9 nitrogen and oxygen atoms in total. The molecule has 0 fully saturated rings. The van der Waals surface area contributed by atoms with Gasteiger partial charge in [-0.25, -0.2) is 4.98 Å². The summed E-state index contributed by atoms with van der Waals surface area (Å²) in [4.78, 5) is 26.6. The molecule has 32 heavy (non-hydrogen) atoms. The number of alkyl halides is 3. The average Bonchev–Trinajstić information content (AvgIpc) is 3.18. The number of hydrogen-bond donors (Lipinski definition) is 2. The first-order valence-corrected chi connectivity index (χ1v) is 9.81. The number of aromatic nitrogens is 5. The van der Waals surface area contributed by atoms with Crippen LogP contribution in [0.5, 0.6) is 0 Å². The van der Waals surface area contributed by atoms with Gasteiger partial charge < -0.3 is 15.5 Å². The molecule has 0 aromatic carbocycles. The maximum Gasteiger partial charge on any atom is 0.417 e. The van der Waals surface area contributed by atoms with Crippen molar-refractivity contribution in [3.05, 3.63) is 53.2 Å². The summed E-state index contributed by atoms with van der Waals surface area (Å²) in [6.45, 7) is 4.23. The fourth-order valence-electron chi connectivity index (χ4n) is 3.24. The van der Waals surface area contributed by atoms with Crippen molar-refractivity contribution in [2.75, 3.05) is 22.6 Å². The molecule has 12 heteroatoms. The van der Waals surface area contributed by atoms with Gasteiger partial charge in [-0.3, -0.25) is 14.5 Å². The number of nitrogens with one attached hydrogen (secondary N) is 2. The van der Waals surface area contributed by atoms with Crippen LogP contribution in [0, 0.1) is 6.92 Å². The third-order valence-electron chi connectivity index (χ3n) is 5.23. The van der Waals surface area contributed by atoms with Crippen LogP contribution >= 0.6 is 0 Å². The summed E-state index contributed by atoms with van der Waals surface area (Å²) in [5.41, 5.74) is 1.76. The van der Waals surface area contributed by atoms with Gasteiger partial charge in [-0.2, -0.15) is 23.3 Å². The first-order chi connectivity index (χ1) is 15.1. The number of likely N-dealkylation sites (N-methyl/N-ethyl adjacent to an activating group) is 1. The molecule has 2 N–H and O–H groups in total. The minimum absolute atomic E-state index is 0.109. The van der Waals surface area contributed by atoms with Crippen LogP contribution in [0.2, 0.25) is 0 Å². The van der Waals surface area contributed by atoms with E-state index in [9.17, 15) is 18.0 Å². The van der Waals surface area contributed by atoms with Crippen LogP contribution in [0.1, 0.15) is 29.4 Å². The number of aryl methyl sites for hydroxylation is 1. The highest BCUT2D eigenvalue weighted by molar-refractivity contribution is 6.03. The van der Waals surface area contributed by atoms with Crippen molar-refractivity contribution >= 4 is 23.4 Å². The maximum absolute atomic E-state index is 12.7. The summed E-state index contributed by atoms with van der Waals surface area (Å²) < 4.78 is 39.6. The largest absolute Gasteiger partial charge is 0.417 e. The fourth-order valence-corrected chi connectivity index (χ4v) is 3.24. The average molecular weight is 446 g/mol. The second kappa shape index (κ2) is 8.09. The molecule has 1 atom stereocenters. The molecular weight excluding hydrogens is 425 g/mol. The van der Waals surface area contributed by atoms with E-state index < -0.39 is 11.7 Å². The van der Waals surface area contributed by atoms with E-state index in [1.807, 2.05) is 0 Å². The molecule has 0 spiro atoms. The summed E-state index contributed by atoms with van der Waals surface area (Å²) in [5, 5.41) is 10.2. The Bertz CT molecular complexity index is 1140. The Morgan fingerprint density at radius 1 is 1.22 bits per heavy atom. The van der Waals surface area contributed by atoms with E-state index >= 15 is 0 Å². The van der Waals surface area contributed by atoms with Crippen molar-refractivity contribution in [3.63, 3.8) is 0 Å². The van der Waals surface area contributed by atoms with Crippen molar-refractivity contribution < 1.29 is 18.0 Å². The molecule has 1 aliphatic heterocycles. The van der Waals surface area contributed by atoms with E-state index in [4.69, 9.17) is 0 Å². The van der Waals surface area contributed by atoms with Crippen molar-refractivity contribution in [1.82, 2.24) is 24.7 Å². The molecule has 3 aromatic rings. The molecule has 0 unspecified atom stereocenters. The van der Waals surface area contributed by atoms with Gasteiger partial charge in [0.2, 0.25) is 11.9 Å². The SMILES string of the molecule is Cc1nc(NCc2cnn(Cc3ccc(C(F)(F)F)cn3)c2)nc2c1NC(=O)[C@H](C)N2C. The van der Waals surface area contributed by atoms with Crippen LogP contribution < -0.4 is 15.5 Å². The number of nitrogens with zero attached hydrogens (tertiary/aromatic N) is 6. The molecule has 168 valence electrons. The number of pyridine rings is 1. The van der Waals surface area contributed by atoms with Gasteiger partial charge in [0, 0.05) is 31.5 Å². The normalized spacial score (nSPS) is 16.0. The third kappa shape index (κ3) is 4.34. The molecule has 0 radical (unpaired) electrons. The number of rotatable bonds is 5. The summed E-state index contributed by atoms with van der Waals surface area (Å²) >= 11 is 0. The number of carbonyl (C=O) groups excluding carboxylic acids is 1. The highest BCUT2D eigenvalue weighted by atomic mass is 19.4. The zero-order chi connectivity index (χ0) is 23.0. The Labute approximate surface area is 181 Å². The van der Waals surface area contributed by atoms with Crippen molar-refractivity contribution in [3.8, 4) is 0 Å². The van der Waals surface area contributed by atoms with E-state index in [0.29, 0.717) is 35.4 Å². The third-order valence-corrected chi connectivity index (χ3v) is 5.23. The van der Waals surface area contributed by atoms with Gasteiger partial charge in [0.15, 0.2) is 5.82 Å². The van der Waals surface area contributed by atoms with Crippen LogP contribution in [0.25, 0.3) is 0 Å². The lowest BCUT2D eigenvalue weighted by atomic mass is 10.2. The first-order valence-electron chi connectivity index (χ1n) is 9.81. The van der Waals surface area contributed by atoms with Gasteiger partial charge in [-0.05, 0) is 26.0 Å². The Kier molecular flexibility index (Phi) is 5.45. The number of amides is 1. The highest BCUT2D eigenvalue weighted by Crippen LogP contribution is 2.32. The Balaban J connectivity index is 1.42. The summed E-state index contributed by atoms with van der Waals surface area (Å²) in [6, 6.07) is 1.99. The van der Waals surface area contributed by atoms with Crippen LogP contribution in [0.3, 0.4) is 0 Å². The zero-order valence-corrected chi connectivity index (χ0v) is 17.6. The molecule has 0 bridgehead atoms. The minimum atomic E-state index is -4.41. The van der Waals surface area contributed by atoms with E-state index in [-0.39, 0.29) is 18.5 Å². The van der Waals surface area contributed by atoms with Crippen LogP contribution in [-0.2, 0) is 24.1 Å². The predicted molar refractivity (Wildman–Crippen MR) is 111 cm³/mol. The van der Waals surface area contributed by atoms with Gasteiger partial charge in [-0.15, -0.1) is 0 Å². The quantitative estimate of drug-likeness (QED) is 0.622. The lowest BCUT2D eigenvalue weighted by Crippen LogP contribution is -2.44. The van der Waals surface area contributed by atoms with Gasteiger partial charge in [0.05, 0.1) is 29.7 Å². The molecule has 3 aromatic heterocycles. The first kappa shape index (κ1) is 21.5. The van der Waals surface area contributed by atoms with E-state index in [2.05, 4.69) is 30.7 Å². The number of halogens is 3. The molecule has 0 saturated heterocycles. The second-order valence-electron chi connectivity index (χ2n) is 7.54. The van der Waals surface area contributed by atoms with Gasteiger partial charge >= 0.3 is 6.18 Å². The van der Waals surface area contributed by atoms with Gasteiger partial charge in [0.25, 0.3) is 0 Å². The molecule has 4 rings (SSSR count). The van der Waals surface area contributed by atoms with Gasteiger partial charge in [-0.1, -0.05) is 0 Å². The second-order valence-corrected chi connectivity index (χ2v) is 7.54. The summed E-state index contributed by atoms with van der Waals surface area (Å²) in [7, 11) is 1.80. The molecular formula is C20H21F3N8O. The van der Waals surface area contributed by atoms with Gasteiger partial charge in [0.1, 0.15) is 11.7 Å². The van der Waals surface area contributed by atoms with Crippen molar-refractivity contribution in [2.24, 2.45) is 0 Å². The summed E-state index contributed by atoms with van der Waals surface area (Å²) in [5.74, 6) is 0.937. The van der Waals surface area contributed by atoms with Crippen LogP contribution in [0.4, 0.5) is 30.6 Å².